The van der Waals surface area contributed by atoms with E-state index in [2.05, 4.69) is 20.1 Å². The average molecular weight is 309 g/mol. The van der Waals surface area contributed by atoms with Crippen LogP contribution in [0.1, 0.15) is 66.7 Å². The molecule has 1 fully saturated rings. The molecule has 1 aliphatic carbocycles. The Morgan fingerprint density at radius 2 is 1.77 bits per heavy atom. The molecular weight excluding hydrogens is 272 g/mol. The minimum atomic E-state index is -0.0312. The lowest BCUT2D eigenvalue weighted by molar-refractivity contribution is -0.144. The van der Waals surface area contributed by atoms with Crippen LogP contribution in [0.2, 0.25) is 0 Å². The fourth-order valence-electron chi connectivity index (χ4n) is 2.45. The Hall–Kier alpha value is -1.31. The SMILES string of the molecule is C=C(C)C1CCC(CC(=O)OCC)CC1.C=C/C=C\C.CC. The average Bonchev–Trinajstić information content (AvgIpc) is 2.51. The Bertz CT molecular complexity index is 321. The van der Waals surface area contributed by atoms with Gasteiger partial charge in [0.15, 0.2) is 0 Å². The molecule has 2 heteroatoms. The molecule has 0 aromatic heterocycles. The Balaban J connectivity index is 0. The summed E-state index contributed by atoms with van der Waals surface area (Å²) in [6, 6.07) is 0. The van der Waals surface area contributed by atoms with E-state index in [0.717, 1.165) is 12.8 Å². The third-order valence-corrected chi connectivity index (χ3v) is 3.63. The highest BCUT2D eigenvalue weighted by Gasteiger charge is 2.23. The molecule has 1 saturated carbocycles. The summed E-state index contributed by atoms with van der Waals surface area (Å²) in [7, 11) is 0. The van der Waals surface area contributed by atoms with Gasteiger partial charge in [0.1, 0.15) is 0 Å². The molecular formula is C20H36O2. The van der Waals surface area contributed by atoms with Crippen LogP contribution in [0, 0.1) is 11.8 Å². The zero-order valence-corrected chi connectivity index (χ0v) is 15.4. The molecule has 0 aromatic carbocycles. The van der Waals surface area contributed by atoms with Crippen LogP contribution >= 0.6 is 0 Å². The second-order valence-electron chi connectivity index (χ2n) is 5.33. The van der Waals surface area contributed by atoms with Crippen molar-refractivity contribution in [3.63, 3.8) is 0 Å². The van der Waals surface area contributed by atoms with Crippen LogP contribution in [0.4, 0.5) is 0 Å². The summed E-state index contributed by atoms with van der Waals surface area (Å²) in [4.78, 5) is 11.3. The van der Waals surface area contributed by atoms with Crippen molar-refractivity contribution in [3.8, 4) is 0 Å². The Labute approximate surface area is 138 Å². The summed E-state index contributed by atoms with van der Waals surface area (Å²) in [5.41, 5.74) is 1.30. The summed E-state index contributed by atoms with van der Waals surface area (Å²) in [5.74, 6) is 1.19. The fraction of sp³-hybridized carbons (Fsp3) is 0.650. The number of esters is 1. The van der Waals surface area contributed by atoms with Gasteiger partial charge in [-0.25, -0.2) is 0 Å². The van der Waals surface area contributed by atoms with Crippen LogP contribution < -0.4 is 0 Å². The molecule has 0 saturated heterocycles. The minimum Gasteiger partial charge on any atom is -0.466 e. The molecule has 0 radical (unpaired) electrons. The first-order valence-electron chi connectivity index (χ1n) is 8.59. The highest BCUT2D eigenvalue weighted by molar-refractivity contribution is 5.69. The number of hydrogen-bond acceptors (Lipinski definition) is 2. The van der Waals surface area contributed by atoms with Crippen LogP contribution in [-0.2, 0) is 9.53 Å². The second kappa shape index (κ2) is 16.1. The van der Waals surface area contributed by atoms with Crippen molar-refractivity contribution in [3.05, 3.63) is 37.0 Å². The number of carbonyl (C=O) groups is 1. The number of rotatable bonds is 5. The predicted octanol–water partition coefficient (Wildman–Crippen LogP) is 6.10. The minimum absolute atomic E-state index is 0.0312. The van der Waals surface area contributed by atoms with E-state index in [4.69, 9.17) is 4.74 Å². The van der Waals surface area contributed by atoms with E-state index in [0.29, 0.717) is 24.9 Å². The Morgan fingerprint density at radius 1 is 1.23 bits per heavy atom. The molecule has 0 bridgehead atoms. The van der Waals surface area contributed by atoms with Crippen LogP contribution in [0.15, 0.2) is 37.0 Å². The van der Waals surface area contributed by atoms with E-state index >= 15 is 0 Å². The molecule has 0 aromatic rings. The van der Waals surface area contributed by atoms with E-state index in [-0.39, 0.29) is 5.97 Å². The third kappa shape index (κ3) is 12.4. The maximum absolute atomic E-state index is 11.3. The van der Waals surface area contributed by atoms with Crippen molar-refractivity contribution < 1.29 is 9.53 Å². The van der Waals surface area contributed by atoms with Crippen molar-refractivity contribution in [2.45, 2.75) is 66.7 Å². The lowest BCUT2D eigenvalue weighted by atomic mass is 9.78. The molecule has 0 spiro atoms. The highest BCUT2D eigenvalue weighted by Crippen LogP contribution is 2.34. The number of allylic oxidation sites excluding steroid dienone is 4. The first kappa shape index (κ1) is 23.0. The van der Waals surface area contributed by atoms with Gasteiger partial charge in [-0.3, -0.25) is 4.79 Å². The molecule has 1 aliphatic rings. The molecule has 0 heterocycles. The normalized spacial score (nSPS) is 20.0. The predicted molar refractivity (Wildman–Crippen MR) is 97.9 cm³/mol. The van der Waals surface area contributed by atoms with E-state index < -0.39 is 0 Å². The van der Waals surface area contributed by atoms with E-state index in [1.54, 1.807) is 6.08 Å². The zero-order chi connectivity index (χ0) is 17.4. The number of hydrogen-bond donors (Lipinski definition) is 0. The summed E-state index contributed by atoms with van der Waals surface area (Å²) in [5, 5.41) is 0. The van der Waals surface area contributed by atoms with Crippen LogP contribution in [-0.4, -0.2) is 12.6 Å². The van der Waals surface area contributed by atoms with Crippen LogP contribution in [0.25, 0.3) is 0 Å². The maximum Gasteiger partial charge on any atom is 0.306 e. The van der Waals surface area contributed by atoms with Gasteiger partial charge in [-0.1, -0.05) is 50.8 Å². The summed E-state index contributed by atoms with van der Waals surface area (Å²) in [6.45, 7) is 17.9. The van der Waals surface area contributed by atoms with Gasteiger partial charge in [-0.15, -0.1) is 0 Å². The molecule has 0 amide bonds. The lowest BCUT2D eigenvalue weighted by Gasteiger charge is -2.28. The first-order chi connectivity index (χ1) is 10.5. The van der Waals surface area contributed by atoms with Gasteiger partial charge < -0.3 is 4.74 Å². The molecule has 1 rings (SSSR count). The molecule has 2 nitrogen and oxygen atoms in total. The van der Waals surface area contributed by atoms with Gasteiger partial charge in [0, 0.05) is 6.42 Å². The van der Waals surface area contributed by atoms with Crippen molar-refractivity contribution in [1.82, 2.24) is 0 Å². The summed E-state index contributed by atoms with van der Waals surface area (Å²) < 4.78 is 4.96. The quantitative estimate of drug-likeness (QED) is 0.348. The Morgan fingerprint density at radius 3 is 2.09 bits per heavy atom. The van der Waals surface area contributed by atoms with Gasteiger partial charge in [0.05, 0.1) is 6.61 Å². The molecule has 0 atom stereocenters. The van der Waals surface area contributed by atoms with Gasteiger partial charge in [-0.2, -0.15) is 0 Å². The fourth-order valence-corrected chi connectivity index (χ4v) is 2.45. The van der Waals surface area contributed by atoms with Gasteiger partial charge in [0.2, 0.25) is 0 Å². The van der Waals surface area contributed by atoms with Gasteiger partial charge in [-0.05, 0) is 58.3 Å². The molecule has 22 heavy (non-hydrogen) atoms. The molecule has 0 aliphatic heterocycles. The number of carbonyl (C=O) groups excluding carboxylic acids is 1. The lowest BCUT2D eigenvalue weighted by Crippen LogP contribution is -2.19. The largest absolute Gasteiger partial charge is 0.466 e. The Kier molecular flexibility index (Phi) is 16.8. The standard InChI is InChI=1S/C13H22O2.C5H8.C2H6/c1-4-15-13(14)9-11-5-7-12(8-6-11)10(2)3;1-3-5-4-2;1-2/h11-12H,2,4-9H2,1,3H3;3-5H,1H2,2H3;1-2H3/b;5-4-;. The van der Waals surface area contributed by atoms with Crippen molar-refractivity contribution >= 4 is 5.97 Å². The van der Waals surface area contributed by atoms with E-state index in [9.17, 15) is 4.79 Å². The summed E-state index contributed by atoms with van der Waals surface area (Å²) >= 11 is 0. The van der Waals surface area contributed by atoms with E-state index in [1.807, 2.05) is 39.8 Å². The zero-order valence-electron chi connectivity index (χ0n) is 15.4. The molecule has 0 N–H and O–H groups in total. The smallest absolute Gasteiger partial charge is 0.306 e. The second-order valence-corrected chi connectivity index (χ2v) is 5.33. The van der Waals surface area contributed by atoms with Crippen LogP contribution in [0.3, 0.4) is 0 Å². The maximum atomic E-state index is 11.3. The molecule has 0 unspecified atom stereocenters. The monoisotopic (exact) mass is 308 g/mol. The molecule has 128 valence electrons. The van der Waals surface area contributed by atoms with E-state index in [1.165, 1.54) is 18.4 Å². The van der Waals surface area contributed by atoms with Crippen molar-refractivity contribution in [1.29, 1.82) is 0 Å². The number of ether oxygens (including phenoxy) is 1. The van der Waals surface area contributed by atoms with Gasteiger partial charge >= 0.3 is 5.97 Å². The van der Waals surface area contributed by atoms with Crippen molar-refractivity contribution in [2.75, 3.05) is 6.61 Å². The van der Waals surface area contributed by atoms with Crippen molar-refractivity contribution in [2.24, 2.45) is 11.8 Å². The summed E-state index contributed by atoms with van der Waals surface area (Å²) in [6.07, 6.45) is 10.9. The van der Waals surface area contributed by atoms with Gasteiger partial charge in [0.25, 0.3) is 0 Å². The van der Waals surface area contributed by atoms with Crippen LogP contribution in [0.5, 0.6) is 0 Å². The third-order valence-electron chi connectivity index (χ3n) is 3.63. The first-order valence-corrected chi connectivity index (χ1v) is 8.59. The topological polar surface area (TPSA) is 26.3 Å². The highest BCUT2D eigenvalue weighted by atomic mass is 16.5.